The average molecular weight is 309 g/mol. The quantitative estimate of drug-likeness (QED) is 0.714. The Bertz CT molecular complexity index is 740. The smallest absolute Gasteiger partial charge is 0.153 e. The second kappa shape index (κ2) is 6.42. The summed E-state index contributed by atoms with van der Waals surface area (Å²) in [6, 6.07) is 13.7. The molecule has 4 nitrogen and oxygen atoms in total. The molecule has 1 saturated heterocycles. The standard InChI is InChI=1S/C19H19NO3/c1-2-11-21-16(4-1)13-22-15-8-6-14(7-9-15)19-12-17-18(23-19)5-3-10-20-17/h3,5-10,12,16H,1-2,4,11,13H2. The van der Waals surface area contributed by atoms with Crippen LogP contribution in [0.25, 0.3) is 22.4 Å². The van der Waals surface area contributed by atoms with Crippen LogP contribution in [0.4, 0.5) is 0 Å². The molecule has 1 aliphatic heterocycles. The molecular weight excluding hydrogens is 290 g/mol. The van der Waals surface area contributed by atoms with Gasteiger partial charge in [0.2, 0.25) is 0 Å². The van der Waals surface area contributed by atoms with Gasteiger partial charge in [-0.05, 0) is 55.7 Å². The van der Waals surface area contributed by atoms with E-state index in [0.29, 0.717) is 6.61 Å². The molecule has 23 heavy (non-hydrogen) atoms. The van der Waals surface area contributed by atoms with Crippen molar-refractivity contribution in [1.82, 2.24) is 4.98 Å². The van der Waals surface area contributed by atoms with Crippen molar-refractivity contribution in [3.8, 4) is 17.1 Å². The summed E-state index contributed by atoms with van der Waals surface area (Å²) < 4.78 is 17.3. The highest BCUT2D eigenvalue weighted by Gasteiger charge is 2.14. The molecular formula is C19H19NO3. The highest BCUT2D eigenvalue weighted by molar-refractivity contribution is 5.79. The van der Waals surface area contributed by atoms with Gasteiger partial charge in [-0.3, -0.25) is 4.98 Å². The van der Waals surface area contributed by atoms with Crippen molar-refractivity contribution in [3.05, 3.63) is 48.7 Å². The molecule has 2 aromatic heterocycles. The molecule has 0 aliphatic carbocycles. The lowest BCUT2D eigenvalue weighted by Gasteiger charge is -2.22. The van der Waals surface area contributed by atoms with Crippen LogP contribution < -0.4 is 4.74 Å². The monoisotopic (exact) mass is 309 g/mol. The van der Waals surface area contributed by atoms with Gasteiger partial charge in [-0.15, -0.1) is 0 Å². The van der Waals surface area contributed by atoms with E-state index >= 15 is 0 Å². The Morgan fingerprint density at radius 1 is 1.13 bits per heavy atom. The van der Waals surface area contributed by atoms with Gasteiger partial charge in [0.05, 0.1) is 6.10 Å². The lowest BCUT2D eigenvalue weighted by Crippen LogP contribution is -2.25. The van der Waals surface area contributed by atoms with E-state index in [0.717, 1.165) is 47.6 Å². The van der Waals surface area contributed by atoms with Gasteiger partial charge in [0.15, 0.2) is 5.58 Å². The second-order valence-corrected chi connectivity index (χ2v) is 5.82. The zero-order valence-corrected chi connectivity index (χ0v) is 12.9. The van der Waals surface area contributed by atoms with Gasteiger partial charge in [-0.25, -0.2) is 0 Å². The Morgan fingerprint density at radius 2 is 2.04 bits per heavy atom. The maximum Gasteiger partial charge on any atom is 0.153 e. The molecule has 4 rings (SSSR count). The number of benzene rings is 1. The number of ether oxygens (including phenoxy) is 2. The van der Waals surface area contributed by atoms with Gasteiger partial charge in [0.1, 0.15) is 23.6 Å². The van der Waals surface area contributed by atoms with E-state index in [-0.39, 0.29) is 6.10 Å². The zero-order valence-electron chi connectivity index (χ0n) is 12.9. The van der Waals surface area contributed by atoms with Crippen molar-refractivity contribution < 1.29 is 13.9 Å². The third-order valence-corrected chi connectivity index (χ3v) is 4.14. The van der Waals surface area contributed by atoms with E-state index in [1.54, 1.807) is 6.20 Å². The van der Waals surface area contributed by atoms with Gasteiger partial charge >= 0.3 is 0 Å². The summed E-state index contributed by atoms with van der Waals surface area (Å²) in [4.78, 5) is 4.29. The number of hydrogen-bond donors (Lipinski definition) is 0. The molecule has 1 fully saturated rings. The van der Waals surface area contributed by atoms with Gasteiger partial charge in [-0.1, -0.05) is 0 Å². The van der Waals surface area contributed by atoms with E-state index in [2.05, 4.69) is 4.98 Å². The minimum atomic E-state index is 0.227. The molecule has 0 saturated carbocycles. The summed E-state index contributed by atoms with van der Waals surface area (Å²) in [7, 11) is 0. The van der Waals surface area contributed by atoms with Crippen LogP contribution in [-0.4, -0.2) is 24.3 Å². The number of nitrogens with zero attached hydrogens (tertiary/aromatic N) is 1. The molecule has 3 heterocycles. The maximum absolute atomic E-state index is 5.83. The van der Waals surface area contributed by atoms with Crippen LogP contribution in [0.1, 0.15) is 19.3 Å². The molecule has 1 unspecified atom stereocenters. The van der Waals surface area contributed by atoms with Crippen molar-refractivity contribution in [3.63, 3.8) is 0 Å². The van der Waals surface area contributed by atoms with Crippen LogP contribution in [0.3, 0.4) is 0 Å². The first-order chi connectivity index (χ1) is 11.4. The van der Waals surface area contributed by atoms with Crippen LogP contribution in [0.15, 0.2) is 53.1 Å². The third-order valence-electron chi connectivity index (χ3n) is 4.14. The number of hydrogen-bond acceptors (Lipinski definition) is 4. The summed E-state index contributed by atoms with van der Waals surface area (Å²) in [6.45, 7) is 1.47. The fourth-order valence-corrected chi connectivity index (χ4v) is 2.86. The van der Waals surface area contributed by atoms with Crippen LogP contribution in [0.5, 0.6) is 5.75 Å². The Morgan fingerprint density at radius 3 is 2.83 bits per heavy atom. The molecule has 0 spiro atoms. The molecule has 0 amide bonds. The van der Waals surface area contributed by atoms with Crippen LogP contribution in [-0.2, 0) is 4.74 Å². The highest BCUT2D eigenvalue weighted by Crippen LogP contribution is 2.28. The van der Waals surface area contributed by atoms with E-state index in [1.807, 2.05) is 42.5 Å². The Kier molecular flexibility index (Phi) is 3.99. The lowest BCUT2D eigenvalue weighted by molar-refractivity contribution is -0.0110. The summed E-state index contributed by atoms with van der Waals surface area (Å²) in [5, 5.41) is 0. The van der Waals surface area contributed by atoms with E-state index in [9.17, 15) is 0 Å². The minimum absolute atomic E-state index is 0.227. The van der Waals surface area contributed by atoms with Crippen molar-refractivity contribution in [2.75, 3.05) is 13.2 Å². The molecule has 4 heteroatoms. The van der Waals surface area contributed by atoms with Crippen LogP contribution in [0, 0.1) is 0 Å². The molecule has 1 aliphatic rings. The summed E-state index contributed by atoms with van der Waals surface area (Å²) in [6.07, 6.45) is 5.48. The van der Waals surface area contributed by atoms with Gasteiger partial charge in [0.25, 0.3) is 0 Å². The Balaban J connectivity index is 1.44. The Hall–Kier alpha value is -2.33. The van der Waals surface area contributed by atoms with E-state index in [1.165, 1.54) is 6.42 Å². The van der Waals surface area contributed by atoms with Crippen molar-refractivity contribution in [2.45, 2.75) is 25.4 Å². The molecule has 1 atom stereocenters. The number of rotatable bonds is 4. The topological polar surface area (TPSA) is 44.5 Å². The summed E-state index contributed by atoms with van der Waals surface area (Å²) in [5.74, 6) is 1.68. The number of furan rings is 1. The van der Waals surface area contributed by atoms with Crippen LogP contribution >= 0.6 is 0 Å². The molecule has 3 aromatic rings. The third kappa shape index (κ3) is 3.22. The first-order valence-electron chi connectivity index (χ1n) is 8.08. The van der Waals surface area contributed by atoms with Crippen molar-refractivity contribution in [2.24, 2.45) is 0 Å². The first-order valence-corrected chi connectivity index (χ1v) is 8.08. The van der Waals surface area contributed by atoms with Crippen molar-refractivity contribution in [1.29, 1.82) is 0 Å². The normalized spacial score (nSPS) is 18.2. The second-order valence-electron chi connectivity index (χ2n) is 5.82. The lowest BCUT2D eigenvalue weighted by atomic mass is 10.1. The highest BCUT2D eigenvalue weighted by atomic mass is 16.5. The van der Waals surface area contributed by atoms with Gasteiger partial charge < -0.3 is 13.9 Å². The fourth-order valence-electron chi connectivity index (χ4n) is 2.86. The number of fused-ring (bicyclic) bond motifs is 1. The van der Waals surface area contributed by atoms with Crippen molar-refractivity contribution >= 4 is 11.1 Å². The average Bonchev–Trinajstić information content (AvgIpc) is 3.05. The summed E-state index contributed by atoms with van der Waals surface area (Å²) in [5.41, 5.74) is 2.69. The molecule has 0 bridgehead atoms. The van der Waals surface area contributed by atoms with E-state index < -0.39 is 0 Å². The number of pyridine rings is 1. The first kappa shape index (κ1) is 14.3. The largest absolute Gasteiger partial charge is 0.491 e. The predicted molar refractivity (Wildman–Crippen MR) is 88.5 cm³/mol. The predicted octanol–water partition coefficient (Wildman–Crippen LogP) is 4.44. The minimum Gasteiger partial charge on any atom is -0.491 e. The van der Waals surface area contributed by atoms with Gasteiger partial charge in [-0.2, -0.15) is 0 Å². The summed E-state index contributed by atoms with van der Waals surface area (Å²) >= 11 is 0. The Labute approximate surface area is 135 Å². The van der Waals surface area contributed by atoms with Crippen LogP contribution in [0.2, 0.25) is 0 Å². The molecule has 0 N–H and O–H groups in total. The van der Waals surface area contributed by atoms with E-state index in [4.69, 9.17) is 13.9 Å². The molecule has 1 aromatic carbocycles. The fraction of sp³-hybridized carbons (Fsp3) is 0.316. The van der Waals surface area contributed by atoms with Gasteiger partial charge in [0, 0.05) is 24.4 Å². The molecule has 118 valence electrons. The maximum atomic E-state index is 5.83. The SMILES string of the molecule is c1cnc2cc(-c3ccc(OCC4CCCCO4)cc3)oc2c1. The zero-order chi connectivity index (χ0) is 15.5. The number of aromatic nitrogens is 1. The molecule has 0 radical (unpaired) electrons.